The van der Waals surface area contributed by atoms with Crippen molar-refractivity contribution in [2.24, 2.45) is 0 Å². The predicted octanol–water partition coefficient (Wildman–Crippen LogP) is 7.60. The second-order valence-electron chi connectivity index (χ2n) is 11.1. The van der Waals surface area contributed by atoms with Crippen LogP contribution >= 0.6 is 0 Å². The molecule has 5 rings (SSSR count). The molecule has 0 bridgehead atoms. The van der Waals surface area contributed by atoms with Gasteiger partial charge in [-0.05, 0) is 47.7 Å². The van der Waals surface area contributed by atoms with Gasteiger partial charge in [-0.15, -0.1) is 0 Å². The fraction of sp³-hybridized carbons (Fsp3) is 0.244. The van der Waals surface area contributed by atoms with Crippen LogP contribution < -0.4 is 5.32 Å². The van der Waals surface area contributed by atoms with Crippen LogP contribution in [0, 0.1) is 6.92 Å². The number of aliphatic hydroxyl groups is 1. The van der Waals surface area contributed by atoms with E-state index in [-0.39, 0.29) is 0 Å². The van der Waals surface area contributed by atoms with Crippen molar-refractivity contribution in [2.75, 3.05) is 33.3 Å². The van der Waals surface area contributed by atoms with Crippen molar-refractivity contribution in [3.8, 4) is 11.1 Å². The summed E-state index contributed by atoms with van der Waals surface area (Å²) in [6.07, 6.45) is 2.01. The second-order valence-corrected chi connectivity index (χ2v) is 11.1. The molecule has 0 aromatic heterocycles. The zero-order chi connectivity index (χ0) is 32.7. The van der Waals surface area contributed by atoms with Gasteiger partial charge in [0.2, 0.25) is 6.41 Å². The summed E-state index contributed by atoms with van der Waals surface area (Å²) in [5, 5.41) is 10.5. The Morgan fingerprint density at radius 3 is 1.54 bits per heavy atom. The Balaban J connectivity index is 0.000000318. The third-order valence-corrected chi connectivity index (χ3v) is 7.40. The number of carbonyl (C=O) groups excluding carboxylic acids is 1. The second kappa shape index (κ2) is 22.0. The van der Waals surface area contributed by atoms with Crippen LogP contribution in [-0.4, -0.2) is 54.6 Å². The first-order valence-corrected chi connectivity index (χ1v) is 16.0. The molecule has 1 amide bonds. The van der Waals surface area contributed by atoms with Gasteiger partial charge in [0, 0.05) is 46.4 Å². The molecule has 0 atom stereocenters. The third-order valence-electron chi connectivity index (χ3n) is 7.40. The standard InChI is InChI=1S/C27H33N3O.C13H12.CH4O/c31-24-30(23-27-15-8-3-9-16-27)20-18-28-17-10-19-29(21-25-11-4-1-5-12-25)22-26-13-6-2-7-14-26;1-11-6-5-9-13(10-11)12-7-3-2-4-8-12;1-2/h1-9,11-16,24,28H,10,17-23H2;2-10H,1H3;2H,1H3. The number of amides is 1. The molecule has 240 valence electrons. The fourth-order valence-electron chi connectivity index (χ4n) is 5.11. The van der Waals surface area contributed by atoms with Crippen molar-refractivity contribution in [1.82, 2.24) is 15.1 Å². The van der Waals surface area contributed by atoms with Crippen molar-refractivity contribution < 1.29 is 9.90 Å². The van der Waals surface area contributed by atoms with Crippen molar-refractivity contribution >= 4 is 6.41 Å². The minimum absolute atomic E-state index is 0.661. The molecule has 5 aromatic rings. The summed E-state index contributed by atoms with van der Waals surface area (Å²) in [6, 6.07) is 50.4. The van der Waals surface area contributed by atoms with Crippen molar-refractivity contribution in [2.45, 2.75) is 33.0 Å². The van der Waals surface area contributed by atoms with Gasteiger partial charge in [0.25, 0.3) is 0 Å². The molecule has 0 saturated heterocycles. The molecule has 0 spiro atoms. The number of aryl methyl sites for hydroxylation is 1. The summed E-state index contributed by atoms with van der Waals surface area (Å²) >= 11 is 0. The van der Waals surface area contributed by atoms with E-state index in [4.69, 9.17) is 5.11 Å². The molecule has 46 heavy (non-hydrogen) atoms. The zero-order valence-electron chi connectivity index (χ0n) is 27.3. The van der Waals surface area contributed by atoms with Crippen LogP contribution in [0.15, 0.2) is 146 Å². The molecule has 0 fully saturated rings. The Kier molecular flexibility index (Phi) is 17.2. The lowest BCUT2D eigenvalue weighted by Crippen LogP contribution is -2.32. The topological polar surface area (TPSA) is 55.8 Å². The maximum atomic E-state index is 11.4. The Morgan fingerprint density at radius 2 is 1.04 bits per heavy atom. The van der Waals surface area contributed by atoms with Crippen molar-refractivity contribution in [1.29, 1.82) is 0 Å². The maximum absolute atomic E-state index is 11.4. The summed E-state index contributed by atoms with van der Waals surface area (Å²) in [7, 11) is 1.00. The van der Waals surface area contributed by atoms with E-state index in [0.29, 0.717) is 6.54 Å². The maximum Gasteiger partial charge on any atom is 0.210 e. The SMILES string of the molecule is CO.Cc1cccc(-c2ccccc2)c1.O=CN(CCNCCCN(Cc1ccccc1)Cc1ccccc1)Cc1ccccc1. The first-order valence-electron chi connectivity index (χ1n) is 16.0. The minimum Gasteiger partial charge on any atom is -0.400 e. The van der Waals surface area contributed by atoms with Crippen LogP contribution in [-0.2, 0) is 24.4 Å². The average Bonchev–Trinajstić information content (AvgIpc) is 3.12. The Morgan fingerprint density at radius 1 is 0.565 bits per heavy atom. The number of hydrogen-bond acceptors (Lipinski definition) is 4. The lowest BCUT2D eigenvalue weighted by Gasteiger charge is -2.23. The van der Waals surface area contributed by atoms with Gasteiger partial charge >= 0.3 is 0 Å². The minimum atomic E-state index is 0.661. The van der Waals surface area contributed by atoms with E-state index in [1.807, 2.05) is 29.2 Å². The highest BCUT2D eigenvalue weighted by Crippen LogP contribution is 2.19. The first kappa shape index (κ1) is 35.9. The number of nitrogens with one attached hydrogen (secondary N) is 1. The van der Waals surface area contributed by atoms with E-state index in [1.54, 1.807) is 0 Å². The molecule has 5 nitrogen and oxygen atoms in total. The Hall–Kier alpha value is -4.55. The van der Waals surface area contributed by atoms with E-state index in [0.717, 1.165) is 64.8 Å². The first-order chi connectivity index (χ1) is 22.7. The number of benzene rings is 5. The molecule has 0 saturated carbocycles. The lowest BCUT2D eigenvalue weighted by atomic mass is 10.0. The van der Waals surface area contributed by atoms with Crippen LogP contribution in [0.5, 0.6) is 0 Å². The molecular formula is C41H49N3O2. The van der Waals surface area contributed by atoms with Crippen LogP contribution in [0.4, 0.5) is 0 Å². The van der Waals surface area contributed by atoms with Gasteiger partial charge in [-0.3, -0.25) is 9.69 Å². The van der Waals surface area contributed by atoms with Crippen LogP contribution in [0.2, 0.25) is 0 Å². The number of hydrogen-bond donors (Lipinski definition) is 2. The molecule has 2 N–H and O–H groups in total. The highest BCUT2D eigenvalue weighted by Gasteiger charge is 2.08. The lowest BCUT2D eigenvalue weighted by molar-refractivity contribution is -0.118. The van der Waals surface area contributed by atoms with Crippen molar-refractivity contribution in [3.05, 3.63) is 168 Å². The van der Waals surface area contributed by atoms with Crippen molar-refractivity contribution in [3.63, 3.8) is 0 Å². The van der Waals surface area contributed by atoms with Gasteiger partial charge in [-0.2, -0.15) is 0 Å². The molecule has 0 aliphatic heterocycles. The Bertz CT molecular complexity index is 1420. The summed E-state index contributed by atoms with van der Waals surface area (Å²) in [4.78, 5) is 15.7. The van der Waals surface area contributed by atoms with Gasteiger partial charge < -0.3 is 15.3 Å². The highest BCUT2D eigenvalue weighted by atomic mass is 16.2. The predicted molar refractivity (Wildman–Crippen MR) is 192 cm³/mol. The van der Waals surface area contributed by atoms with Gasteiger partial charge in [-0.1, -0.05) is 151 Å². The van der Waals surface area contributed by atoms with E-state index in [1.165, 1.54) is 27.8 Å². The van der Waals surface area contributed by atoms with E-state index in [2.05, 4.69) is 138 Å². The number of aliphatic hydroxyl groups excluding tert-OH is 1. The number of rotatable bonds is 15. The molecular weight excluding hydrogens is 566 g/mol. The van der Waals surface area contributed by atoms with Crippen LogP contribution in [0.1, 0.15) is 28.7 Å². The highest BCUT2D eigenvalue weighted by molar-refractivity contribution is 5.63. The van der Waals surface area contributed by atoms with Crippen LogP contribution in [0.3, 0.4) is 0 Å². The number of carbonyl (C=O) groups is 1. The number of nitrogens with zero attached hydrogens (tertiary/aromatic N) is 2. The smallest absolute Gasteiger partial charge is 0.210 e. The van der Waals surface area contributed by atoms with Crippen LogP contribution in [0.25, 0.3) is 11.1 Å². The van der Waals surface area contributed by atoms with E-state index < -0.39 is 0 Å². The van der Waals surface area contributed by atoms with E-state index in [9.17, 15) is 4.79 Å². The van der Waals surface area contributed by atoms with Gasteiger partial charge in [0.05, 0.1) is 0 Å². The molecule has 0 aliphatic carbocycles. The molecule has 0 heterocycles. The van der Waals surface area contributed by atoms with Gasteiger partial charge in [0.15, 0.2) is 0 Å². The zero-order valence-corrected chi connectivity index (χ0v) is 27.3. The Labute approximate surface area is 276 Å². The largest absolute Gasteiger partial charge is 0.400 e. The summed E-state index contributed by atoms with van der Waals surface area (Å²) in [5.74, 6) is 0. The molecule has 0 unspecified atom stereocenters. The summed E-state index contributed by atoms with van der Waals surface area (Å²) in [5.41, 5.74) is 7.73. The van der Waals surface area contributed by atoms with E-state index >= 15 is 0 Å². The quantitative estimate of drug-likeness (QED) is 0.0941. The van der Waals surface area contributed by atoms with Gasteiger partial charge in [0.1, 0.15) is 0 Å². The normalized spacial score (nSPS) is 10.3. The monoisotopic (exact) mass is 615 g/mol. The molecule has 5 heteroatoms. The molecule has 0 aliphatic rings. The molecule has 5 aromatic carbocycles. The fourth-order valence-corrected chi connectivity index (χ4v) is 5.11. The summed E-state index contributed by atoms with van der Waals surface area (Å²) in [6.45, 7) is 8.17. The summed E-state index contributed by atoms with van der Waals surface area (Å²) < 4.78 is 0. The molecule has 0 radical (unpaired) electrons. The third kappa shape index (κ3) is 14.0. The average molecular weight is 616 g/mol. The van der Waals surface area contributed by atoms with Gasteiger partial charge in [-0.25, -0.2) is 0 Å².